The number of carbonyl (C=O) groups is 1. The highest BCUT2D eigenvalue weighted by molar-refractivity contribution is 5.91. The molecule has 0 N–H and O–H groups in total. The Hall–Kier alpha value is -0.630. The summed E-state index contributed by atoms with van der Waals surface area (Å²) < 4.78 is 0. The predicted octanol–water partition coefficient (Wildman–Crippen LogP) is 1.33. The van der Waals surface area contributed by atoms with Gasteiger partial charge >= 0.3 is 0 Å². The second-order valence-corrected chi connectivity index (χ2v) is 3.60. The van der Waals surface area contributed by atoms with Gasteiger partial charge in [0, 0.05) is 19.0 Å². The fraction of sp³-hybridized carbons (Fsp3) is 0.700. The Labute approximate surface area is 74.2 Å². The number of nitrogens with zero attached hydrogens (tertiary/aromatic N) is 1. The number of carbonyl (C=O) groups excluding carboxylic acids is 1. The van der Waals surface area contributed by atoms with Crippen LogP contribution in [0.1, 0.15) is 13.3 Å². The molecule has 0 aromatic carbocycles. The maximum atomic E-state index is 11.4. The summed E-state index contributed by atoms with van der Waals surface area (Å²) in [4.78, 5) is 13.6. The first-order valence-corrected chi connectivity index (χ1v) is 4.53. The zero-order valence-corrected chi connectivity index (χ0v) is 7.92. The fourth-order valence-electron chi connectivity index (χ4n) is 1.97. The van der Waals surface area contributed by atoms with E-state index in [9.17, 15) is 4.79 Å². The molecule has 1 aliphatic rings. The molecule has 0 aromatic heterocycles. The molecule has 0 aliphatic carbocycles. The van der Waals surface area contributed by atoms with Gasteiger partial charge in [0.15, 0.2) is 5.78 Å². The minimum absolute atomic E-state index is 0.206. The summed E-state index contributed by atoms with van der Waals surface area (Å²) in [6, 6.07) is 0. The first kappa shape index (κ1) is 9.46. The van der Waals surface area contributed by atoms with Gasteiger partial charge < -0.3 is 4.90 Å². The van der Waals surface area contributed by atoms with Crippen LogP contribution in [0.3, 0.4) is 0 Å². The molecule has 0 bridgehead atoms. The lowest BCUT2D eigenvalue weighted by molar-refractivity contribution is -0.118. The van der Waals surface area contributed by atoms with E-state index < -0.39 is 0 Å². The number of hydrogen-bond acceptors (Lipinski definition) is 2. The van der Waals surface area contributed by atoms with Crippen molar-refractivity contribution >= 4 is 5.78 Å². The van der Waals surface area contributed by atoms with Crippen molar-refractivity contribution in [2.24, 2.45) is 11.8 Å². The van der Waals surface area contributed by atoms with Crippen LogP contribution >= 0.6 is 0 Å². The number of ketones is 1. The van der Waals surface area contributed by atoms with Crippen LogP contribution in [-0.4, -0.2) is 30.8 Å². The zero-order valence-electron chi connectivity index (χ0n) is 7.92. The van der Waals surface area contributed by atoms with Crippen molar-refractivity contribution in [1.82, 2.24) is 4.90 Å². The van der Waals surface area contributed by atoms with E-state index in [0.717, 1.165) is 19.5 Å². The first-order valence-electron chi connectivity index (χ1n) is 4.53. The molecule has 0 amide bonds. The Bertz CT molecular complexity index is 188. The van der Waals surface area contributed by atoms with Gasteiger partial charge in [0.25, 0.3) is 0 Å². The molecule has 1 heterocycles. The number of likely N-dealkylation sites (tertiary alicyclic amines) is 1. The summed E-state index contributed by atoms with van der Waals surface area (Å²) in [5, 5.41) is 0. The monoisotopic (exact) mass is 167 g/mol. The second kappa shape index (κ2) is 3.85. The summed E-state index contributed by atoms with van der Waals surface area (Å²) in [5.74, 6) is 0.962. The van der Waals surface area contributed by atoms with Gasteiger partial charge in [-0.15, -0.1) is 0 Å². The molecule has 0 aromatic rings. The molecule has 2 atom stereocenters. The highest BCUT2D eigenvalue weighted by Gasteiger charge is 2.32. The van der Waals surface area contributed by atoms with Crippen LogP contribution in [0.15, 0.2) is 12.7 Å². The van der Waals surface area contributed by atoms with E-state index in [2.05, 4.69) is 25.5 Å². The van der Waals surface area contributed by atoms with Crippen LogP contribution in [0.4, 0.5) is 0 Å². The summed E-state index contributed by atoms with van der Waals surface area (Å²) in [5.41, 5.74) is 0. The lowest BCUT2D eigenvalue weighted by Crippen LogP contribution is -2.20. The zero-order chi connectivity index (χ0) is 9.14. The summed E-state index contributed by atoms with van der Waals surface area (Å²) in [7, 11) is 2.07. The average Bonchev–Trinajstić information content (AvgIpc) is 2.45. The molecule has 1 saturated heterocycles. The Morgan fingerprint density at radius 1 is 1.67 bits per heavy atom. The number of allylic oxidation sites excluding steroid dienone is 1. The minimum atomic E-state index is 0.206. The van der Waals surface area contributed by atoms with Crippen LogP contribution in [0.2, 0.25) is 0 Å². The van der Waals surface area contributed by atoms with E-state index in [4.69, 9.17) is 0 Å². The SMILES string of the molecule is C=CC(=O)[C@H]1CN(C)C[C@H]1CC. The van der Waals surface area contributed by atoms with Gasteiger partial charge in [0.05, 0.1) is 0 Å². The molecule has 2 nitrogen and oxygen atoms in total. The molecule has 0 radical (unpaired) electrons. The van der Waals surface area contributed by atoms with E-state index in [0.29, 0.717) is 5.92 Å². The lowest BCUT2D eigenvalue weighted by atomic mass is 9.90. The highest BCUT2D eigenvalue weighted by Crippen LogP contribution is 2.25. The molecular formula is C10H17NO. The van der Waals surface area contributed by atoms with Gasteiger partial charge in [-0.1, -0.05) is 19.9 Å². The fourth-order valence-corrected chi connectivity index (χ4v) is 1.97. The molecule has 68 valence electrons. The van der Waals surface area contributed by atoms with Crippen molar-refractivity contribution in [3.8, 4) is 0 Å². The third-order valence-electron chi connectivity index (χ3n) is 2.71. The van der Waals surface area contributed by atoms with Gasteiger partial charge in [-0.05, 0) is 19.0 Å². The summed E-state index contributed by atoms with van der Waals surface area (Å²) in [6.07, 6.45) is 2.56. The van der Waals surface area contributed by atoms with E-state index >= 15 is 0 Å². The topological polar surface area (TPSA) is 20.3 Å². The quantitative estimate of drug-likeness (QED) is 0.591. The first-order chi connectivity index (χ1) is 5.69. The van der Waals surface area contributed by atoms with E-state index in [1.165, 1.54) is 6.08 Å². The second-order valence-electron chi connectivity index (χ2n) is 3.60. The number of rotatable bonds is 3. The van der Waals surface area contributed by atoms with Crippen molar-refractivity contribution in [1.29, 1.82) is 0 Å². The Morgan fingerprint density at radius 2 is 2.33 bits per heavy atom. The van der Waals surface area contributed by atoms with Crippen LogP contribution in [-0.2, 0) is 4.79 Å². The molecule has 0 spiro atoms. The molecule has 0 unspecified atom stereocenters. The van der Waals surface area contributed by atoms with Gasteiger partial charge in [-0.2, -0.15) is 0 Å². The summed E-state index contributed by atoms with van der Waals surface area (Å²) >= 11 is 0. The van der Waals surface area contributed by atoms with Gasteiger partial charge in [-0.3, -0.25) is 4.79 Å². The van der Waals surface area contributed by atoms with Crippen molar-refractivity contribution in [3.05, 3.63) is 12.7 Å². The van der Waals surface area contributed by atoms with Crippen molar-refractivity contribution < 1.29 is 4.79 Å². The van der Waals surface area contributed by atoms with E-state index in [-0.39, 0.29) is 11.7 Å². The standard InChI is InChI=1S/C10H17NO/c1-4-8-6-11(3)7-9(8)10(12)5-2/h5,8-9H,2,4,6-7H2,1,3H3/t8-,9+/m1/s1. The van der Waals surface area contributed by atoms with Crippen LogP contribution in [0, 0.1) is 11.8 Å². The van der Waals surface area contributed by atoms with Crippen molar-refractivity contribution in [2.45, 2.75) is 13.3 Å². The maximum Gasteiger partial charge on any atom is 0.159 e. The Morgan fingerprint density at radius 3 is 2.83 bits per heavy atom. The van der Waals surface area contributed by atoms with Gasteiger partial charge in [0.2, 0.25) is 0 Å². The largest absolute Gasteiger partial charge is 0.305 e. The van der Waals surface area contributed by atoms with Crippen molar-refractivity contribution in [3.63, 3.8) is 0 Å². The van der Waals surface area contributed by atoms with E-state index in [1.807, 2.05) is 0 Å². The van der Waals surface area contributed by atoms with Crippen LogP contribution < -0.4 is 0 Å². The van der Waals surface area contributed by atoms with Crippen LogP contribution in [0.5, 0.6) is 0 Å². The molecule has 1 aliphatic heterocycles. The van der Waals surface area contributed by atoms with Crippen LogP contribution in [0.25, 0.3) is 0 Å². The third kappa shape index (κ3) is 1.75. The van der Waals surface area contributed by atoms with Gasteiger partial charge in [0.1, 0.15) is 0 Å². The minimum Gasteiger partial charge on any atom is -0.305 e. The summed E-state index contributed by atoms with van der Waals surface area (Å²) in [6.45, 7) is 7.64. The molecule has 0 saturated carbocycles. The smallest absolute Gasteiger partial charge is 0.159 e. The molecule has 12 heavy (non-hydrogen) atoms. The predicted molar refractivity (Wildman–Crippen MR) is 50.0 cm³/mol. The molecule has 2 heteroatoms. The normalized spacial score (nSPS) is 30.5. The lowest BCUT2D eigenvalue weighted by Gasteiger charge is -2.12. The third-order valence-corrected chi connectivity index (χ3v) is 2.71. The van der Waals surface area contributed by atoms with Crippen molar-refractivity contribution in [2.75, 3.05) is 20.1 Å². The highest BCUT2D eigenvalue weighted by atomic mass is 16.1. The maximum absolute atomic E-state index is 11.4. The molecule has 1 rings (SSSR count). The van der Waals surface area contributed by atoms with Gasteiger partial charge in [-0.25, -0.2) is 0 Å². The number of hydrogen-bond donors (Lipinski definition) is 0. The van der Waals surface area contributed by atoms with E-state index in [1.54, 1.807) is 0 Å². The Kier molecular flexibility index (Phi) is 3.04. The Balaban J connectivity index is 2.63. The average molecular weight is 167 g/mol. The molecule has 1 fully saturated rings. The molecular weight excluding hydrogens is 150 g/mol.